The Labute approximate surface area is 105 Å². The van der Waals surface area contributed by atoms with E-state index in [2.05, 4.69) is 20.9 Å². The Bertz CT molecular complexity index is 521. The Hall–Kier alpha value is -1.13. The van der Waals surface area contributed by atoms with Crippen molar-refractivity contribution in [2.45, 2.75) is 0 Å². The van der Waals surface area contributed by atoms with Crippen LogP contribution in [0.5, 0.6) is 11.6 Å². The second-order valence-corrected chi connectivity index (χ2v) is 4.23. The van der Waals surface area contributed by atoms with Gasteiger partial charge in [0.15, 0.2) is 0 Å². The fourth-order valence-corrected chi connectivity index (χ4v) is 1.70. The Kier molecular flexibility index (Phi) is 3.41. The maximum absolute atomic E-state index is 12.8. The van der Waals surface area contributed by atoms with E-state index in [1.54, 1.807) is 18.3 Å². The fraction of sp³-hybridized carbons (Fsp3) is 0. The fourth-order valence-electron chi connectivity index (χ4n) is 1.11. The number of hydrogen-bond acceptors (Lipinski definition) is 2. The molecule has 0 N–H and O–H groups in total. The third kappa shape index (κ3) is 2.51. The van der Waals surface area contributed by atoms with Crippen molar-refractivity contribution in [2.24, 2.45) is 0 Å². The van der Waals surface area contributed by atoms with Gasteiger partial charge in [0.1, 0.15) is 16.6 Å². The quantitative estimate of drug-likeness (QED) is 0.819. The molecule has 0 aliphatic rings. The molecule has 1 aromatic carbocycles. The molecule has 5 heteroatoms. The highest BCUT2D eigenvalue weighted by molar-refractivity contribution is 9.10. The van der Waals surface area contributed by atoms with Crippen molar-refractivity contribution in [3.63, 3.8) is 0 Å². The van der Waals surface area contributed by atoms with Crippen LogP contribution in [0.15, 0.2) is 41.0 Å². The van der Waals surface area contributed by atoms with Gasteiger partial charge in [-0.1, -0.05) is 11.6 Å². The molecule has 0 aliphatic heterocycles. The minimum atomic E-state index is -0.341. The number of halogens is 3. The summed E-state index contributed by atoms with van der Waals surface area (Å²) in [6, 6.07) is 7.49. The van der Waals surface area contributed by atoms with Gasteiger partial charge in [0, 0.05) is 6.20 Å². The van der Waals surface area contributed by atoms with Gasteiger partial charge in [-0.05, 0) is 46.3 Å². The molecule has 2 aromatic rings. The summed E-state index contributed by atoms with van der Waals surface area (Å²) in [5.74, 6) is 0.407. The Balaban J connectivity index is 2.31. The number of pyridine rings is 1. The lowest BCUT2D eigenvalue weighted by atomic mass is 10.3. The predicted molar refractivity (Wildman–Crippen MR) is 63.4 cm³/mol. The Morgan fingerprint density at radius 3 is 2.81 bits per heavy atom. The van der Waals surface area contributed by atoms with Gasteiger partial charge in [0.2, 0.25) is 5.88 Å². The highest BCUT2D eigenvalue weighted by Gasteiger charge is 2.07. The van der Waals surface area contributed by atoms with E-state index in [9.17, 15) is 4.39 Å². The average molecular weight is 303 g/mol. The highest BCUT2D eigenvalue weighted by atomic mass is 79.9. The molecular formula is C11H6BrClFNO. The summed E-state index contributed by atoms with van der Waals surface area (Å²) in [5.41, 5.74) is 0. The topological polar surface area (TPSA) is 22.1 Å². The Morgan fingerprint density at radius 1 is 1.31 bits per heavy atom. The summed E-state index contributed by atoms with van der Waals surface area (Å²) in [7, 11) is 0. The first-order valence-electron chi connectivity index (χ1n) is 4.40. The first-order chi connectivity index (χ1) is 7.66. The zero-order valence-corrected chi connectivity index (χ0v) is 10.3. The van der Waals surface area contributed by atoms with E-state index in [1.165, 1.54) is 18.2 Å². The molecule has 0 bridgehead atoms. The number of aromatic nitrogens is 1. The summed E-state index contributed by atoms with van der Waals surface area (Å²) in [4.78, 5) is 3.97. The number of nitrogens with zero attached hydrogens (tertiary/aromatic N) is 1. The second-order valence-electron chi connectivity index (χ2n) is 2.97. The maximum atomic E-state index is 12.8. The van der Waals surface area contributed by atoms with E-state index < -0.39 is 0 Å². The van der Waals surface area contributed by atoms with Crippen molar-refractivity contribution in [1.82, 2.24) is 4.98 Å². The molecule has 82 valence electrons. The normalized spacial score (nSPS) is 10.2. The van der Waals surface area contributed by atoms with Crippen molar-refractivity contribution >= 4 is 27.5 Å². The lowest BCUT2D eigenvalue weighted by Gasteiger charge is -2.07. The molecule has 0 spiro atoms. The van der Waals surface area contributed by atoms with Crippen molar-refractivity contribution in [1.29, 1.82) is 0 Å². The van der Waals surface area contributed by atoms with Gasteiger partial charge in [0.05, 0.1) is 4.47 Å². The summed E-state index contributed by atoms with van der Waals surface area (Å²) >= 11 is 9.07. The standard InChI is InChI=1S/C11H6BrClFNO/c12-8-6-7(14)3-4-10(8)16-11-9(13)2-1-5-15-11/h1-6H. The molecule has 2 rings (SSSR count). The summed E-state index contributed by atoms with van der Waals surface area (Å²) in [6.07, 6.45) is 1.57. The SMILES string of the molecule is Fc1ccc(Oc2ncccc2Cl)c(Br)c1. The first-order valence-corrected chi connectivity index (χ1v) is 5.57. The van der Waals surface area contributed by atoms with Crippen LogP contribution >= 0.6 is 27.5 Å². The van der Waals surface area contributed by atoms with Gasteiger partial charge in [-0.2, -0.15) is 0 Å². The number of rotatable bonds is 2. The van der Waals surface area contributed by atoms with E-state index >= 15 is 0 Å². The zero-order chi connectivity index (χ0) is 11.5. The van der Waals surface area contributed by atoms with E-state index in [-0.39, 0.29) is 11.7 Å². The molecule has 0 saturated heterocycles. The molecule has 1 aromatic heterocycles. The van der Waals surface area contributed by atoms with E-state index in [0.29, 0.717) is 15.2 Å². The third-order valence-corrected chi connectivity index (χ3v) is 2.73. The van der Waals surface area contributed by atoms with Crippen LogP contribution in [-0.2, 0) is 0 Å². The molecule has 0 unspecified atom stereocenters. The molecule has 0 atom stereocenters. The van der Waals surface area contributed by atoms with Crippen LogP contribution in [0, 0.1) is 5.82 Å². The van der Waals surface area contributed by atoms with Crippen LogP contribution in [0.2, 0.25) is 5.02 Å². The van der Waals surface area contributed by atoms with Crippen LogP contribution in [-0.4, -0.2) is 4.98 Å². The second kappa shape index (κ2) is 4.80. The first kappa shape index (κ1) is 11.4. The van der Waals surface area contributed by atoms with Crippen LogP contribution in [0.4, 0.5) is 4.39 Å². The molecule has 0 fully saturated rings. The van der Waals surface area contributed by atoms with Gasteiger partial charge < -0.3 is 4.74 Å². The van der Waals surface area contributed by atoms with Gasteiger partial charge >= 0.3 is 0 Å². The zero-order valence-electron chi connectivity index (χ0n) is 7.95. The van der Waals surface area contributed by atoms with Crippen molar-refractivity contribution in [3.8, 4) is 11.6 Å². The third-order valence-electron chi connectivity index (χ3n) is 1.83. The number of ether oxygens (including phenoxy) is 1. The number of hydrogen-bond donors (Lipinski definition) is 0. The lowest BCUT2D eigenvalue weighted by Crippen LogP contribution is -1.89. The molecule has 16 heavy (non-hydrogen) atoms. The molecule has 0 amide bonds. The van der Waals surface area contributed by atoms with Crippen LogP contribution in [0.25, 0.3) is 0 Å². The molecule has 1 heterocycles. The average Bonchev–Trinajstić information content (AvgIpc) is 2.25. The van der Waals surface area contributed by atoms with E-state index in [1.807, 2.05) is 0 Å². The molecule has 2 nitrogen and oxygen atoms in total. The highest BCUT2D eigenvalue weighted by Crippen LogP contribution is 2.32. The molecule has 0 saturated carbocycles. The monoisotopic (exact) mass is 301 g/mol. The van der Waals surface area contributed by atoms with Gasteiger partial charge in [-0.3, -0.25) is 0 Å². The van der Waals surface area contributed by atoms with Crippen molar-refractivity contribution < 1.29 is 9.13 Å². The summed E-state index contributed by atoms with van der Waals surface area (Å²) in [5, 5.41) is 0.402. The van der Waals surface area contributed by atoms with Gasteiger partial charge in [0.25, 0.3) is 0 Å². The maximum Gasteiger partial charge on any atom is 0.238 e. The molecule has 0 aliphatic carbocycles. The smallest absolute Gasteiger partial charge is 0.238 e. The minimum absolute atomic E-state index is 0.288. The predicted octanol–water partition coefficient (Wildman–Crippen LogP) is 4.43. The molecule has 0 radical (unpaired) electrons. The largest absolute Gasteiger partial charge is 0.436 e. The van der Waals surface area contributed by atoms with Crippen LogP contribution < -0.4 is 4.74 Å². The molecular weight excluding hydrogens is 296 g/mol. The number of benzene rings is 1. The van der Waals surface area contributed by atoms with Gasteiger partial charge in [-0.15, -0.1) is 0 Å². The summed E-state index contributed by atoms with van der Waals surface area (Å²) < 4.78 is 18.8. The van der Waals surface area contributed by atoms with Crippen LogP contribution in [0.1, 0.15) is 0 Å². The van der Waals surface area contributed by atoms with Crippen LogP contribution in [0.3, 0.4) is 0 Å². The van der Waals surface area contributed by atoms with Crippen molar-refractivity contribution in [2.75, 3.05) is 0 Å². The van der Waals surface area contributed by atoms with E-state index in [0.717, 1.165) is 0 Å². The van der Waals surface area contributed by atoms with E-state index in [4.69, 9.17) is 16.3 Å². The lowest BCUT2D eigenvalue weighted by molar-refractivity contribution is 0.458. The van der Waals surface area contributed by atoms with Crippen molar-refractivity contribution in [3.05, 3.63) is 51.8 Å². The van der Waals surface area contributed by atoms with Gasteiger partial charge in [-0.25, -0.2) is 9.37 Å². The summed E-state index contributed by atoms with van der Waals surface area (Å²) in [6.45, 7) is 0. The minimum Gasteiger partial charge on any atom is -0.436 e. The Morgan fingerprint density at radius 2 is 2.12 bits per heavy atom.